The monoisotopic (exact) mass is 338 g/mol. The molecule has 0 aliphatic carbocycles. The lowest BCUT2D eigenvalue weighted by atomic mass is 10.3. The van der Waals surface area contributed by atoms with Crippen molar-refractivity contribution in [3.63, 3.8) is 0 Å². The van der Waals surface area contributed by atoms with Gasteiger partial charge in [0.05, 0.1) is 15.7 Å². The minimum absolute atomic E-state index is 0.110. The number of nitrogens with two attached hydrogens (primary N) is 1. The molecule has 0 saturated heterocycles. The zero-order valence-electron chi connectivity index (χ0n) is 10.9. The Hall–Kier alpha value is -0.820. The van der Waals surface area contributed by atoms with Gasteiger partial charge in [0.25, 0.3) is 0 Å². The van der Waals surface area contributed by atoms with E-state index in [0.29, 0.717) is 24.5 Å². The van der Waals surface area contributed by atoms with Crippen LogP contribution in [0.3, 0.4) is 0 Å². The Morgan fingerprint density at radius 2 is 2.00 bits per heavy atom. The minimum atomic E-state index is -1.25. The van der Waals surface area contributed by atoms with Crippen molar-refractivity contribution < 1.29 is 13.7 Å². The van der Waals surface area contributed by atoms with Gasteiger partial charge < -0.3 is 15.8 Å². The van der Waals surface area contributed by atoms with E-state index in [4.69, 9.17) is 33.7 Å². The average molecular weight is 339 g/mol. The maximum Gasteiger partial charge on any atom is 0.237 e. The van der Waals surface area contributed by atoms with Crippen molar-refractivity contribution in [2.45, 2.75) is 6.42 Å². The lowest BCUT2D eigenvalue weighted by Gasteiger charge is -2.10. The minimum Gasteiger partial charge on any atom is -0.399 e. The highest BCUT2D eigenvalue weighted by molar-refractivity contribution is 7.85. The fraction of sp³-hybridized carbons (Fsp3) is 0.417. The van der Waals surface area contributed by atoms with Crippen molar-refractivity contribution in [2.75, 3.05) is 36.3 Å². The van der Waals surface area contributed by atoms with Crippen molar-refractivity contribution in [1.29, 1.82) is 0 Å². The summed E-state index contributed by atoms with van der Waals surface area (Å²) >= 11 is 11.9. The number of amides is 1. The van der Waals surface area contributed by atoms with Gasteiger partial charge in [-0.3, -0.25) is 9.00 Å². The van der Waals surface area contributed by atoms with Gasteiger partial charge in [0.15, 0.2) is 0 Å². The van der Waals surface area contributed by atoms with Gasteiger partial charge in [0, 0.05) is 36.0 Å². The molecule has 0 saturated carbocycles. The standard InChI is InChI=1S/C12H16Cl2N2O3S/c1-19-3-2-4-20(18)7-11(17)16-12-9(13)5-8(15)6-10(12)14/h5-6H,2-4,7,15H2,1H3,(H,16,17). The van der Waals surface area contributed by atoms with Crippen LogP contribution >= 0.6 is 23.2 Å². The number of anilines is 2. The predicted molar refractivity (Wildman–Crippen MR) is 83.9 cm³/mol. The normalized spacial score (nSPS) is 12.2. The van der Waals surface area contributed by atoms with Crippen molar-refractivity contribution in [1.82, 2.24) is 0 Å². The zero-order chi connectivity index (χ0) is 15.1. The van der Waals surface area contributed by atoms with E-state index in [1.807, 2.05) is 0 Å². The molecule has 0 heterocycles. The van der Waals surface area contributed by atoms with E-state index in [-0.39, 0.29) is 21.5 Å². The molecular formula is C12H16Cl2N2O3S. The quantitative estimate of drug-likeness (QED) is 0.590. The molecule has 1 unspecified atom stereocenters. The van der Waals surface area contributed by atoms with Gasteiger partial charge in [-0.25, -0.2) is 0 Å². The number of methoxy groups -OCH3 is 1. The molecule has 0 spiro atoms. The van der Waals surface area contributed by atoms with Crippen LogP contribution in [0.4, 0.5) is 11.4 Å². The predicted octanol–water partition coefficient (Wildman–Crippen LogP) is 2.30. The third-order valence-electron chi connectivity index (χ3n) is 2.34. The number of halogens is 2. The molecule has 3 N–H and O–H groups in total. The number of carbonyl (C=O) groups is 1. The summed E-state index contributed by atoms with van der Waals surface area (Å²) in [6, 6.07) is 2.97. The van der Waals surface area contributed by atoms with Crippen molar-refractivity contribution in [3.8, 4) is 0 Å². The highest BCUT2D eigenvalue weighted by atomic mass is 35.5. The summed E-state index contributed by atoms with van der Waals surface area (Å²) in [5.74, 6) is -0.111. The van der Waals surface area contributed by atoms with E-state index >= 15 is 0 Å². The Kier molecular flexibility index (Phi) is 7.29. The second-order valence-electron chi connectivity index (χ2n) is 4.04. The van der Waals surface area contributed by atoms with Gasteiger partial charge >= 0.3 is 0 Å². The van der Waals surface area contributed by atoms with Gasteiger partial charge in [-0.2, -0.15) is 0 Å². The molecule has 0 aliphatic heterocycles. The Morgan fingerprint density at radius 3 is 2.55 bits per heavy atom. The van der Waals surface area contributed by atoms with E-state index in [1.54, 1.807) is 7.11 Å². The van der Waals surface area contributed by atoms with E-state index in [2.05, 4.69) is 5.32 Å². The molecule has 0 radical (unpaired) electrons. The topological polar surface area (TPSA) is 81.4 Å². The van der Waals surface area contributed by atoms with Gasteiger partial charge in [-0.15, -0.1) is 0 Å². The fourth-order valence-corrected chi connectivity index (χ4v) is 3.02. The summed E-state index contributed by atoms with van der Waals surface area (Å²) in [6.07, 6.45) is 0.639. The van der Waals surface area contributed by atoms with E-state index in [9.17, 15) is 9.00 Å². The largest absolute Gasteiger partial charge is 0.399 e. The van der Waals surface area contributed by atoms with Gasteiger partial charge in [-0.1, -0.05) is 23.2 Å². The average Bonchev–Trinajstić information content (AvgIpc) is 2.34. The van der Waals surface area contributed by atoms with Crippen LogP contribution in [-0.4, -0.2) is 35.3 Å². The van der Waals surface area contributed by atoms with E-state index in [0.717, 1.165) is 0 Å². The van der Waals surface area contributed by atoms with Crippen LogP contribution in [-0.2, 0) is 20.3 Å². The van der Waals surface area contributed by atoms with Gasteiger partial charge in [0.2, 0.25) is 5.91 Å². The molecule has 112 valence electrons. The van der Waals surface area contributed by atoms with E-state index < -0.39 is 16.7 Å². The molecular weight excluding hydrogens is 323 g/mol. The first-order valence-corrected chi connectivity index (χ1v) is 8.06. The maximum absolute atomic E-state index is 11.8. The van der Waals surface area contributed by atoms with Crippen LogP contribution in [0.25, 0.3) is 0 Å². The number of hydrogen-bond acceptors (Lipinski definition) is 4. The highest BCUT2D eigenvalue weighted by Gasteiger charge is 2.13. The first kappa shape index (κ1) is 17.2. The Bertz CT molecular complexity index is 488. The fourth-order valence-electron chi connectivity index (χ4n) is 1.47. The Labute approximate surface area is 130 Å². The van der Waals surface area contributed by atoms with Crippen LogP contribution < -0.4 is 11.1 Å². The number of carbonyl (C=O) groups excluding carboxylic acids is 1. The number of rotatable bonds is 7. The Balaban J connectivity index is 2.57. The Morgan fingerprint density at radius 1 is 1.40 bits per heavy atom. The second-order valence-corrected chi connectivity index (χ2v) is 6.43. The number of hydrogen-bond donors (Lipinski definition) is 2. The molecule has 0 bridgehead atoms. The third kappa shape index (κ3) is 5.66. The molecule has 1 atom stereocenters. The molecule has 1 amide bonds. The van der Waals surface area contributed by atoms with Crippen molar-refractivity contribution in [3.05, 3.63) is 22.2 Å². The van der Waals surface area contributed by atoms with Crippen molar-refractivity contribution >= 4 is 51.3 Å². The summed E-state index contributed by atoms with van der Waals surface area (Å²) < 4.78 is 16.5. The molecule has 1 aromatic rings. The number of nitrogens with one attached hydrogen (secondary N) is 1. The van der Waals surface area contributed by atoms with Crippen LogP contribution in [0.5, 0.6) is 0 Å². The summed E-state index contributed by atoms with van der Waals surface area (Å²) in [6.45, 7) is 0.517. The molecule has 0 aromatic heterocycles. The highest BCUT2D eigenvalue weighted by Crippen LogP contribution is 2.32. The molecule has 20 heavy (non-hydrogen) atoms. The lowest BCUT2D eigenvalue weighted by molar-refractivity contribution is -0.113. The van der Waals surface area contributed by atoms with E-state index in [1.165, 1.54) is 12.1 Å². The number of ether oxygens (including phenoxy) is 1. The molecule has 1 aromatic carbocycles. The summed E-state index contributed by atoms with van der Waals surface area (Å²) in [5, 5.41) is 3.03. The van der Waals surface area contributed by atoms with Crippen molar-refractivity contribution in [2.24, 2.45) is 0 Å². The molecule has 8 heteroatoms. The van der Waals surface area contributed by atoms with Crippen LogP contribution in [0.1, 0.15) is 6.42 Å². The summed E-state index contributed by atoms with van der Waals surface area (Å²) in [7, 11) is 0.324. The summed E-state index contributed by atoms with van der Waals surface area (Å²) in [4.78, 5) is 11.8. The smallest absolute Gasteiger partial charge is 0.237 e. The first-order chi connectivity index (χ1) is 9.43. The zero-order valence-corrected chi connectivity index (χ0v) is 13.3. The third-order valence-corrected chi connectivity index (χ3v) is 4.27. The number of nitrogen functional groups attached to an aromatic ring is 1. The molecule has 0 aliphatic rings. The van der Waals surface area contributed by atoms with Crippen LogP contribution in [0, 0.1) is 0 Å². The van der Waals surface area contributed by atoms with Crippen LogP contribution in [0.2, 0.25) is 10.0 Å². The molecule has 5 nitrogen and oxygen atoms in total. The lowest BCUT2D eigenvalue weighted by Crippen LogP contribution is -2.21. The maximum atomic E-state index is 11.8. The molecule has 0 fully saturated rings. The van der Waals surface area contributed by atoms with Gasteiger partial charge in [-0.05, 0) is 18.6 Å². The first-order valence-electron chi connectivity index (χ1n) is 5.82. The molecule has 1 rings (SSSR count). The summed E-state index contributed by atoms with van der Waals surface area (Å²) in [5.41, 5.74) is 6.25. The SMILES string of the molecule is COCCCS(=O)CC(=O)Nc1c(Cl)cc(N)cc1Cl. The van der Waals surface area contributed by atoms with Gasteiger partial charge in [0.1, 0.15) is 5.75 Å². The number of benzene rings is 1. The second kappa shape index (κ2) is 8.46. The van der Waals surface area contributed by atoms with Crippen LogP contribution in [0.15, 0.2) is 12.1 Å².